The van der Waals surface area contributed by atoms with Crippen LogP contribution in [0.1, 0.15) is 13.3 Å². The Bertz CT molecular complexity index is 636. The van der Waals surface area contributed by atoms with Gasteiger partial charge >= 0.3 is 0 Å². The summed E-state index contributed by atoms with van der Waals surface area (Å²) in [4.78, 5) is 0.376. The van der Waals surface area contributed by atoms with E-state index in [1.165, 1.54) is 0 Å². The molecule has 0 amide bonds. The van der Waals surface area contributed by atoms with Crippen LogP contribution in [0.5, 0.6) is 0 Å². The monoisotopic (exact) mass is 293 g/mol. The van der Waals surface area contributed by atoms with E-state index in [2.05, 4.69) is 10.4 Å². The van der Waals surface area contributed by atoms with Gasteiger partial charge in [-0.25, -0.2) is 8.42 Å². The molecule has 2 aromatic rings. The molecule has 108 valence electrons. The standard InChI is InChI=1S/C14H19N3O2S/c1-2-20(18,19)14-8-4-3-7-13(14)15-9-5-11-17-12-6-10-16-17/h3-4,6-8,10,12,15H,2,5,9,11H2,1H3. The summed E-state index contributed by atoms with van der Waals surface area (Å²) in [6.07, 6.45) is 4.54. The molecule has 0 atom stereocenters. The number of hydrogen-bond donors (Lipinski definition) is 1. The summed E-state index contributed by atoms with van der Waals surface area (Å²) >= 11 is 0. The summed E-state index contributed by atoms with van der Waals surface area (Å²) in [7, 11) is -3.19. The number of nitrogens with one attached hydrogen (secondary N) is 1. The molecular formula is C14H19N3O2S. The molecule has 0 saturated heterocycles. The Morgan fingerprint density at radius 2 is 2.05 bits per heavy atom. The second kappa shape index (κ2) is 6.56. The van der Waals surface area contributed by atoms with Crippen LogP contribution in [-0.2, 0) is 16.4 Å². The van der Waals surface area contributed by atoms with Crippen molar-refractivity contribution < 1.29 is 8.42 Å². The lowest BCUT2D eigenvalue weighted by molar-refractivity contribution is 0.590. The van der Waals surface area contributed by atoms with Crippen molar-refractivity contribution in [3.8, 4) is 0 Å². The van der Waals surface area contributed by atoms with E-state index < -0.39 is 9.84 Å². The summed E-state index contributed by atoms with van der Waals surface area (Å²) < 4.78 is 25.8. The molecule has 6 heteroatoms. The Morgan fingerprint density at radius 3 is 2.75 bits per heavy atom. The van der Waals surface area contributed by atoms with Gasteiger partial charge in [0, 0.05) is 25.5 Å². The molecule has 0 bridgehead atoms. The van der Waals surface area contributed by atoms with Gasteiger partial charge in [0.25, 0.3) is 0 Å². The molecule has 0 fully saturated rings. The van der Waals surface area contributed by atoms with Crippen molar-refractivity contribution in [1.82, 2.24) is 9.78 Å². The van der Waals surface area contributed by atoms with E-state index in [0.29, 0.717) is 17.1 Å². The minimum absolute atomic E-state index is 0.110. The lowest BCUT2D eigenvalue weighted by Gasteiger charge is -2.11. The van der Waals surface area contributed by atoms with Crippen LogP contribution < -0.4 is 5.32 Å². The molecule has 5 nitrogen and oxygen atoms in total. The SMILES string of the molecule is CCS(=O)(=O)c1ccccc1NCCCn1cccn1. The van der Waals surface area contributed by atoms with Crippen LogP contribution in [0.3, 0.4) is 0 Å². The van der Waals surface area contributed by atoms with Gasteiger partial charge in [-0.3, -0.25) is 4.68 Å². The number of hydrogen-bond acceptors (Lipinski definition) is 4. The lowest BCUT2D eigenvalue weighted by atomic mass is 10.3. The number of rotatable bonds is 7. The fourth-order valence-corrected chi connectivity index (χ4v) is 3.01. The number of sulfone groups is 1. The zero-order chi connectivity index (χ0) is 14.4. The van der Waals surface area contributed by atoms with Crippen LogP contribution in [0, 0.1) is 0 Å². The molecule has 0 saturated carbocycles. The van der Waals surface area contributed by atoms with Gasteiger partial charge in [0.2, 0.25) is 0 Å². The Balaban J connectivity index is 1.96. The number of aryl methyl sites for hydroxylation is 1. The zero-order valence-corrected chi connectivity index (χ0v) is 12.3. The Morgan fingerprint density at radius 1 is 1.25 bits per heavy atom. The summed E-state index contributed by atoms with van der Waals surface area (Å²) in [6, 6.07) is 8.92. The van der Waals surface area contributed by atoms with Crippen molar-refractivity contribution in [2.75, 3.05) is 17.6 Å². The van der Waals surface area contributed by atoms with Crippen molar-refractivity contribution in [2.24, 2.45) is 0 Å². The van der Waals surface area contributed by atoms with E-state index in [-0.39, 0.29) is 5.75 Å². The molecule has 1 heterocycles. The van der Waals surface area contributed by atoms with E-state index in [1.54, 1.807) is 31.3 Å². The summed E-state index contributed by atoms with van der Waals surface area (Å²) in [6.45, 7) is 3.17. The van der Waals surface area contributed by atoms with Gasteiger partial charge in [-0.15, -0.1) is 0 Å². The lowest BCUT2D eigenvalue weighted by Crippen LogP contribution is -2.11. The fraction of sp³-hybridized carbons (Fsp3) is 0.357. The highest BCUT2D eigenvalue weighted by atomic mass is 32.2. The van der Waals surface area contributed by atoms with Crippen molar-refractivity contribution in [2.45, 2.75) is 24.8 Å². The van der Waals surface area contributed by atoms with Gasteiger partial charge in [0.05, 0.1) is 16.3 Å². The average molecular weight is 293 g/mol. The number of benzene rings is 1. The van der Waals surface area contributed by atoms with Crippen LogP contribution in [-0.4, -0.2) is 30.5 Å². The molecule has 0 radical (unpaired) electrons. The normalized spacial score (nSPS) is 11.4. The summed E-state index contributed by atoms with van der Waals surface area (Å²) in [5.41, 5.74) is 0.676. The first-order valence-corrected chi connectivity index (χ1v) is 8.32. The van der Waals surface area contributed by atoms with E-state index in [4.69, 9.17) is 0 Å². The Hall–Kier alpha value is -1.82. The highest BCUT2D eigenvalue weighted by Gasteiger charge is 2.15. The highest BCUT2D eigenvalue weighted by molar-refractivity contribution is 7.91. The van der Waals surface area contributed by atoms with E-state index in [0.717, 1.165) is 13.0 Å². The highest BCUT2D eigenvalue weighted by Crippen LogP contribution is 2.21. The van der Waals surface area contributed by atoms with Crippen LogP contribution in [0.15, 0.2) is 47.6 Å². The van der Waals surface area contributed by atoms with Crippen molar-refractivity contribution in [1.29, 1.82) is 0 Å². The molecule has 0 spiro atoms. The number of para-hydroxylation sites is 1. The quantitative estimate of drug-likeness (QED) is 0.795. The van der Waals surface area contributed by atoms with Crippen LogP contribution >= 0.6 is 0 Å². The minimum atomic E-state index is -3.19. The van der Waals surface area contributed by atoms with Gasteiger partial charge in [-0.05, 0) is 24.6 Å². The van der Waals surface area contributed by atoms with E-state index in [9.17, 15) is 8.42 Å². The predicted octanol–water partition coefficient (Wildman–Crippen LogP) is 2.18. The third-order valence-electron chi connectivity index (χ3n) is 3.04. The van der Waals surface area contributed by atoms with Crippen molar-refractivity contribution in [3.05, 3.63) is 42.7 Å². The molecule has 20 heavy (non-hydrogen) atoms. The van der Waals surface area contributed by atoms with E-state index in [1.807, 2.05) is 23.0 Å². The molecule has 0 aliphatic rings. The molecular weight excluding hydrogens is 274 g/mol. The second-order valence-electron chi connectivity index (χ2n) is 4.45. The smallest absolute Gasteiger partial charge is 0.180 e. The number of anilines is 1. The summed E-state index contributed by atoms with van der Waals surface area (Å²) in [5.74, 6) is 0.110. The second-order valence-corrected chi connectivity index (χ2v) is 6.70. The molecule has 0 aliphatic carbocycles. The van der Waals surface area contributed by atoms with Gasteiger partial charge in [0.1, 0.15) is 0 Å². The van der Waals surface area contributed by atoms with Gasteiger partial charge in [0.15, 0.2) is 9.84 Å². The molecule has 1 N–H and O–H groups in total. The van der Waals surface area contributed by atoms with Gasteiger partial charge in [-0.1, -0.05) is 19.1 Å². The largest absolute Gasteiger partial charge is 0.384 e. The first-order valence-electron chi connectivity index (χ1n) is 6.66. The van der Waals surface area contributed by atoms with Crippen LogP contribution in [0.25, 0.3) is 0 Å². The maximum atomic E-state index is 12.0. The fourth-order valence-electron chi connectivity index (χ4n) is 1.94. The van der Waals surface area contributed by atoms with Crippen LogP contribution in [0.2, 0.25) is 0 Å². The number of nitrogens with zero attached hydrogens (tertiary/aromatic N) is 2. The van der Waals surface area contributed by atoms with Gasteiger partial charge in [-0.2, -0.15) is 5.10 Å². The van der Waals surface area contributed by atoms with E-state index >= 15 is 0 Å². The molecule has 0 unspecified atom stereocenters. The molecule has 2 rings (SSSR count). The third kappa shape index (κ3) is 3.60. The maximum Gasteiger partial charge on any atom is 0.180 e. The summed E-state index contributed by atoms with van der Waals surface area (Å²) in [5, 5.41) is 7.32. The first-order chi connectivity index (χ1) is 9.63. The number of aromatic nitrogens is 2. The molecule has 1 aromatic carbocycles. The van der Waals surface area contributed by atoms with Crippen LogP contribution in [0.4, 0.5) is 5.69 Å². The third-order valence-corrected chi connectivity index (χ3v) is 4.83. The predicted molar refractivity (Wildman–Crippen MR) is 79.5 cm³/mol. The molecule has 0 aliphatic heterocycles. The molecule has 1 aromatic heterocycles. The first kappa shape index (κ1) is 14.6. The minimum Gasteiger partial charge on any atom is -0.384 e. The van der Waals surface area contributed by atoms with Gasteiger partial charge < -0.3 is 5.32 Å². The zero-order valence-electron chi connectivity index (χ0n) is 11.5. The van der Waals surface area contributed by atoms with Crippen molar-refractivity contribution in [3.63, 3.8) is 0 Å². The Kier molecular flexibility index (Phi) is 4.79. The average Bonchev–Trinajstić information content (AvgIpc) is 2.97. The van der Waals surface area contributed by atoms with Crippen molar-refractivity contribution >= 4 is 15.5 Å². The topological polar surface area (TPSA) is 64.0 Å². The maximum absolute atomic E-state index is 12.0. The Labute approximate surface area is 119 Å².